The van der Waals surface area contributed by atoms with Gasteiger partial charge in [0.25, 0.3) is 5.91 Å². The van der Waals surface area contributed by atoms with Crippen LogP contribution in [0.25, 0.3) is 0 Å². The Hall–Kier alpha value is -1.94. The van der Waals surface area contributed by atoms with E-state index in [-0.39, 0.29) is 36.7 Å². The second kappa shape index (κ2) is 8.37. The van der Waals surface area contributed by atoms with E-state index in [1.165, 1.54) is 31.2 Å². The van der Waals surface area contributed by atoms with Gasteiger partial charge in [0.05, 0.1) is 24.8 Å². The fourth-order valence-corrected chi connectivity index (χ4v) is 1.76. The highest BCUT2D eigenvalue weighted by molar-refractivity contribution is 5.94. The van der Waals surface area contributed by atoms with Gasteiger partial charge in [-0.05, 0) is 18.2 Å². The van der Waals surface area contributed by atoms with Crippen LogP contribution in [-0.2, 0) is 4.74 Å². The topological polar surface area (TPSA) is 75.8 Å². The lowest BCUT2D eigenvalue weighted by Gasteiger charge is -2.20. The highest BCUT2D eigenvalue weighted by Gasteiger charge is 2.16. The van der Waals surface area contributed by atoms with Crippen molar-refractivity contribution in [3.05, 3.63) is 35.1 Å². The maximum atomic E-state index is 13.8. The number of hydrogen-bond donors (Lipinski definition) is 2. The SMILES string of the molecule is COCC(O)CN(C)C(=O)c1ccc(C#CCN)c(F)c1. The second-order valence-electron chi connectivity index (χ2n) is 4.50. The molecule has 1 unspecified atom stereocenters. The number of methoxy groups -OCH3 is 1. The molecule has 21 heavy (non-hydrogen) atoms. The van der Waals surface area contributed by atoms with Gasteiger partial charge in [-0.2, -0.15) is 0 Å². The molecule has 1 amide bonds. The van der Waals surface area contributed by atoms with Crippen LogP contribution in [0.5, 0.6) is 0 Å². The number of ether oxygens (including phenoxy) is 1. The lowest BCUT2D eigenvalue weighted by Crippen LogP contribution is -2.36. The zero-order valence-corrected chi connectivity index (χ0v) is 12.1. The fraction of sp³-hybridized carbons (Fsp3) is 0.400. The minimum Gasteiger partial charge on any atom is -0.389 e. The molecule has 3 N–H and O–H groups in total. The molecule has 1 aromatic rings. The van der Waals surface area contributed by atoms with Gasteiger partial charge in [0, 0.05) is 26.3 Å². The highest BCUT2D eigenvalue weighted by Crippen LogP contribution is 2.11. The first kappa shape index (κ1) is 17.1. The van der Waals surface area contributed by atoms with Crippen molar-refractivity contribution in [1.29, 1.82) is 0 Å². The molecular weight excluding hydrogens is 275 g/mol. The third-order valence-electron chi connectivity index (χ3n) is 2.73. The highest BCUT2D eigenvalue weighted by atomic mass is 19.1. The number of halogens is 1. The van der Waals surface area contributed by atoms with E-state index in [0.717, 1.165) is 6.07 Å². The van der Waals surface area contributed by atoms with Crippen LogP contribution in [0.15, 0.2) is 18.2 Å². The monoisotopic (exact) mass is 294 g/mol. The summed E-state index contributed by atoms with van der Waals surface area (Å²) in [6.45, 7) is 0.364. The van der Waals surface area contributed by atoms with Crippen molar-refractivity contribution in [2.24, 2.45) is 5.73 Å². The summed E-state index contributed by atoms with van der Waals surface area (Å²) in [7, 11) is 2.99. The lowest BCUT2D eigenvalue weighted by molar-refractivity contribution is 0.0380. The predicted octanol–water partition coefficient (Wildman–Crippen LogP) is 0.215. The molecular formula is C15H19FN2O3. The number of aliphatic hydroxyl groups is 1. The number of hydrogen-bond acceptors (Lipinski definition) is 4. The molecule has 0 radical (unpaired) electrons. The van der Waals surface area contributed by atoms with Gasteiger partial charge in [-0.25, -0.2) is 4.39 Å². The van der Waals surface area contributed by atoms with Crippen LogP contribution >= 0.6 is 0 Å². The largest absolute Gasteiger partial charge is 0.389 e. The maximum absolute atomic E-state index is 13.8. The molecule has 0 saturated heterocycles. The molecule has 0 spiro atoms. The van der Waals surface area contributed by atoms with Crippen molar-refractivity contribution in [3.8, 4) is 11.8 Å². The van der Waals surface area contributed by atoms with Crippen LogP contribution in [-0.4, -0.2) is 55.9 Å². The number of nitrogens with two attached hydrogens (primary N) is 1. The Kier molecular flexibility index (Phi) is 6.82. The molecule has 114 valence electrons. The van der Waals surface area contributed by atoms with Crippen molar-refractivity contribution in [2.75, 3.05) is 33.9 Å². The number of likely N-dealkylation sites (N-methyl/N-ethyl adjacent to an activating group) is 1. The van der Waals surface area contributed by atoms with E-state index in [0.29, 0.717) is 0 Å². The zero-order valence-electron chi connectivity index (χ0n) is 12.1. The molecule has 0 bridgehead atoms. The Bertz CT molecular complexity index is 552. The predicted molar refractivity (Wildman–Crippen MR) is 77.2 cm³/mol. The second-order valence-corrected chi connectivity index (χ2v) is 4.50. The molecule has 0 fully saturated rings. The number of carbonyl (C=O) groups excluding carboxylic acids is 1. The van der Waals surface area contributed by atoms with Gasteiger partial charge in [0.2, 0.25) is 0 Å². The normalized spacial score (nSPS) is 11.5. The molecule has 0 aliphatic carbocycles. The number of nitrogens with zero attached hydrogens (tertiary/aromatic N) is 1. The molecule has 0 heterocycles. The smallest absolute Gasteiger partial charge is 0.253 e. The maximum Gasteiger partial charge on any atom is 0.253 e. The number of benzene rings is 1. The number of aliphatic hydroxyl groups excluding tert-OH is 1. The quantitative estimate of drug-likeness (QED) is 0.762. The minimum absolute atomic E-state index is 0.100. The lowest BCUT2D eigenvalue weighted by atomic mass is 10.1. The van der Waals surface area contributed by atoms with E-state index in [1.54, 1.807) is 0 Å². The van der Waals surface area contributed by atoms with E-state index >= 15 is 0 Å². The Labute approximate surface area is 123 Å². The van der Waals surface area contributed by atoms with Crippen LogP contribution in [0.1, 0.15) is 15.9 Å². The third-order valence-corrected chi connectivity index (χ3v) is 2.73. The molecule has 5 nitrogen and oxygen atoms in total. The number of amides is 1. The average Bonchev–Trinajstić information content (AvgIpc) is 2.45. The Morgan fingerprint density at radius 2 is 2.29 bits per heavy atom. The third kappa shape index (κ3) is 5.16. The molecule has 1 atom stereocenters. The van der Waals surface area contributed by atoms with E-state index in [2.05, 4.69) is 11.8 Å². The van der Waals surface area contributed by atoms with Gasteiger partial charge in [0.1, 0.15) is 5.82 Å². The van der Waals surface area contributed by atoms with Crippen LogP contribution in [0.2, 0.25) is 0 Å². The van der Waals surface area contributed by atoms with E-state index in [4.69, 9.17) is 10.5 Å². The Morgan fingerprint density at radius 1 is 1.57 bits per heavy atom. The summed E-state index contributed by atoms with van der Waals surface area (Å²) in [4.78, 5) is 13.4. The van der Waals surface area contributed by atoms with Gasteiger partial charge < -0.3 is 20.5 Å². The average molecular weight is 294 g/mol. The van der Waals surface area contributed by atoms with Crippen LogP contribution in [0.3, 0.4) is 0 Å². The molecule has 0 aliphatic rings. The summed E-state index contributed by atoms with van der Waals surface area (Å²) in [6.07, 6.45) is -0.788. The Morgan fingerprint density at radius 3 is 2.86 bits per heavy atom. The van der Waals surface area contributed by atoms with Crippen molar-refractivity contribution in [2.45, 2.75) is 6.10 Å². The van der Waals surface area contributed by atoms with Gasteiger partial charge in [-0.1, -0.05) is 11.8 Å². The summed E-state index contributed by atoms with van der Waals surface area (Å²) in [5.41, 5.74) is 5.61. The summed E-state index contributed by atoms with van der Waals surface area (Å²) in [6, 6.07) is 4.05. The molecule has 0 aliphatic heterocycles. The van der Waals surface area contributed by atoms with Crippen LogP contribution < -0.4 is 5.73 Å². The summed E-state index contributed by atoms with van der Waals surface area (Å²) >= 11 is 0. The van der Waals surface area contributed by atoms with Gasteiger partial charge in [0.15, 0.2) is 0 Å². The van der Waals surface area contributed by atoms with Gasteiger partial charge in [-0.3, -0.25) is 4.79 Å². The van der Waals surface area contributed by atoms with Gasteiger partial charge in [-0.15, -0.1) is 0 Å². The van der Waals surface area contributed by atoms with Crippen molar-refractivity contribution < 1.29 is 19.0 Å². The van der Waals surface area contributed by atoms with Crippen molar-refractivity contribution >= 4 is 5.91 Å². The Balaban J connectivity index is 2.81. The molecule has 1 rings (SSSR count). The first-order valence-corrected chi connectivity index (χ1v) is 6.40. The molecule has 0 aromatic heterocycles. The van der Waals surface area contributed by atoms with Crippen LogP contribution in [0.4, 0.5) is 4.39 Å². The fourth-order valence-electron chi connectivity index (χ4n) is 1.76. The molecule has 6 heteroatoms. The number of rotatable bonds is 5. The first-order chi connectivity index (χ1) is 9.99. The first-order valence-electron chi connectivity index (χ1n) is 6.40. The standard InChI is InChI=1S/C15H19FN2O3/c1-18(9-13(19)10-21-2)15(20)12-6-5-11(4-3-7-17)14(16)8-12/h5-6,8,13,19H,7,9-10,17H2,1-2H3. The van der Waals surface area contributed by atoms with Gasteiger partial charge >= 0.3 is 0 Å². The van der Waals surface area contributed by atoms with Crippen LogP contribution in [0, 0.1) is 17.7 Å². The minimum atomic E-state index is -0.788. The summed E-state index contributed by atoms with van der Waals surface area (Å²) in [5, 5.41) is 9.59. The zero-order chi connectivity index (χ0) is 15.8. The van der Waals surface area contributed by atoms with Crippen molar-refractivity contribution in [3.63, 3.8) is 0 Å². The summed E-state index contributed by atoms with van der Waals surface area (Å²) in [5.74, 6) is 4.18. The summed E-state index contributed by atoms with van der Waals surface area (Å²) < 4.78 is 18.6. The van der Waals surface area contributed by atoms with E-state index in [1.807, 2.05) is 0 Å². The number of carbonyl (C=O) groups is 1. The van der Waals surface area contributed by atoms with E-state index in [9.17, 15) is 14.3 Å². The molecule has 1 aromatic carbocycles. The van der Waals surface area contributed by atoms with Crippen molar-refractivity contribution in [1.82, 2.24) is 4.90 Å². The van der Waals surface area contributed by atoms with E-state index < -0.39 is 11.9 Å². The molecule has 0 saturated carbocycles.